The smallest absolute Gasteiger partial charge is 0.269 e. The molecule has 96 valence electrons. The minimum atomic E-state index is -0.923. The van der Waals surface area contributed by atoms with Crippen molar-refractivity contribution >= 4 is 16.7 Å². The molecule has 0 saturated carbocycles. The van der Waals surface area contributed by atoms with Crippen LogP contribution in [-0.4, -0.2) is 45.4 Å². The average molecular weight is 266 g/mol. The highest BCUT2D eigenvalue weighted by Crippen LogP contribution is 1.98. The first kappa shape index (κ1) is 14.4. The topological polar surface area (TPSA) is 79.3 Å². The molecule has 1 unspecified atom stereocenters. The molecule has 0 fully saturated rings. The van der Waals surface area contributed by atoms with Gasteiger partial charge in [0.05, 0.1) is 0 Å². The Balaban J connectivity index is 2.56. The van der Waals surface area contributed by atoms with E-state index in [-0.39, 0.29) is 18.2 Å². The van der Waals surface area contributed by atoms with Crippen molar-refractivity contribution in [2.75, 3.05) is 25.2 Å². The fourth-order valence-electron chi connectivity index (χ4n) is 1.14. The van der Waals surface area contributed by atoms with E-state index in [0.717, 1.165) is 0 Å². The molecule has 1 amide bonds. The molecule has 0 saturated heterocycles. The molecular weight excluding hydrogens is 252 g/mol. The fraction of sp³-hybridized carbons (Fsp3) is 0.333. The van der Waals surface area contributed by atoms with Crippen LogP contribution in [-0.2, 0) is 10.8 Å². The van der Waals surface area contributed by atoms with Crippen LogP contribution >= 0.6 is 0 Å². The highest BCUT2D eigenvalue weighted by molar-refractivity contribution is 7.84. The molecule has 0 spiro atoms. The molecule has 5 nitrogen and oxygen atoms in total. The molecule has 0 aliphatic rings. The lowest BCUT2D eigenvalue weighted by molar-refractivity contribution is 0.0951. The summed E-state index contributed by atoms with van der Waals surface area (Å²) >= 11 is 0. The molecule has 0 radical (unpaired) electrons. The van der Waals surface area contributed by atoms with E-state index in [1.165, 1.54) is 6.20 Å². The van der Waals surface area contributed by atoms with Crippen LogP contribution in [0.4, 0.5) is 0 Å². The number of nitrogens with one attached hydrogen (secondary N) is 1. The Hall–Kier alpha value is -1.71. The summed E-state index contributed by atoms with van der Waals surface area (Å²) in [6.07, 6.45) is 3.05. The van der Waals surface area contributed by atoms with Crippen LogP contribution < -0.4 is 5.32 Å². The van der Waals surface area contributed by atoms with E-state index in [1.807, 2.05) is 0 Å². The number of carbonyl (C=O) groups is 1. The first-order valence-corrected chi connectivity index (χ1v) is 7.00. The van der Waals surface area contributed by atoms with E-state index in [0.29, 0.717) is 17.9 Å². The maximum Gasteiger partial charge on any atom is 0.269 e. The van der Waals surface area contributed by atoms with Crippen molar-refractivity contribution in [1.82, 2.24) is 10.3 Å². The van der Waals surface area contributed by atoms with Gasteiger partial charge >= 0.3 is 0 Å². The van der Waals surface area contributed by atoms with Crippen molar-refractivity contribution in [2.45, 2.75) is 0 Å². The first-order chi connectivity index (χ1) is 8.63. The van der Waals surface area contributed by atoms with E-state index < -0.39 is 10.8 Å². The number of amides is 1. The number of hydrogen-bond donors (Lipinski definition) is 2. The quantitative estimate of drug-likeness (QED) is 0.722. The summed E-state index contributed by atoms with van der Waals surface area (Å²) in [5.74, 6) is 5.29. The van der Waals surface area contributed by atoms with Gasteiger partial charge < -0.3 is 10.4 Å². The minimum Gasteiger partial charge on any atom is -0.384 e. The third kappa shape index (κ3) is 5.08. The molecule has 6 heteroatoms. The van der Waals surface area contributed by atoms with Gasteiger partial charge in [0.2, 0.25) is 0 Å². The molecule has 1 heterocycles. The monoisotopic (exact) mass is 266 g/mol. The van der Waals surface area contributed by atoms with Crippen molar-refractivity contribution in [3.63, 3.8) is 0 Å². The van der Waals surface area contributed by atoms with Crippen LogP contribution in [0.1, 0.15) is 16.1 Å². The Morgan fingerprint density at radius 1 is 1.56 bits per heavy atom. The Morgan fingerprint density at radius 3 is 2.89 bits per heavy atom. The Morgan fingerprint density at radius 2 is 2.33 bits per heavy atom. The third-order valence-corrected chi connectivity index (χ3v) is 2.76. The van der Waals surface area contributed by atoms with Gasteiger partial charge in [-0.3, -0.25) is 9.00 Å². The van der Waals surface area contributed by atoms with Gasteiger partial charge in [-0.15, -0.1) is 0 Å². The molecule has 0 aromatic carbocycles. The predicted molar refractivity (Wildman–Crippen MR) is 69.5 cm³/mol. The van der Waals surface area contributed by atoms with E-state index in [1.54, 1.807) is 18.4 Å². The number of pyridine rings is 1. The first-order valence-electron chi connectivity index (χ1n) is 5.27. The van der Waals surface area contributed by atoms with Gasteiger partial charge in [0.25, 0.3) is 5.91 Å². The molecule has 1 aromatic heterocycles. The molecule has 2 N–H and O–H groups in total. The van der Waals surface area contributed by atoms with Gasteiger partial charge in [-0.25, -0.2) is 4.98 Å². The number of carbonyl (C=O) groups excluding carboxylic acids is 1. The lowest BCUT2D eigenvalue weighted by Crippen LogP contribution is -2.28. The Kier molecular flexibility index (Phi) is 6.05. The molecule has 1 atom stereocenters. The molecular formula is C12H14N2O3S. The average Bonchev–Trinajstić information content (AvgIpc) is 2.36. The Labute approximate surface area is 108 Å². The number of rotatable bonds is 4. The highest BCUT2D eigenvalue weighted by atomic mass is 32.2. The fourth-order valence-corrected chi connectivity index (χ4v) is 1.53. The summed E-state index contributed by atoms with van der Waals surface area (Å²) in [4.78, 5) is 15.6. The number of nitrogens with zero attached hydrogens (tertiary/aromatic N) is 1. The summed E-state index contributed by atoms with van der Waals surface area (Å²) in [7, 11) is -0.923. The molecule has 1 aromatic rings. The summed E-state index contributed by atoms with van der Waals surface area (Å²) in [6, 6.07) is 3.21. The second-order valence-corrected chi connectivity index (χ2v) is 4.98. The zero-order valence-electron chi connectivity index (χ0n) is 9.97. The number of aromatic nitrogens is 1. The van der Waals surface area contributed by atoms with Crippen molar-refractivity contribution in [3.05, 3.63) is 29.6 Å². The summed E-state index contributed by atoms with van der Waals surface area (Å²) in [6.45, 7) is 0.145. The van der Waals surface area contributed by atoms with Crippen molar-refractivity contribution in [1.29, 1.82) is 0 Å². The number of hydrogen-bond acceptors (Lipinski definition) is 4. The van der Waals surface area contributed by atoms with Crippen LogP contribution in [0.15, 0.2) is 18.3 Å². The van der Waals surface area contributed by atoms with Crippen molar-refractivity contribution in [2.24, 2.45) is 0 Å². The molecule has 1 rings (SSSR count). The van der Waals surface area contributed by atoms with Gasteiger partial charge in [0, 0.05) is 41.1 Å². The third-order valence-electron chi connectivity index (χ3n) is 1.98. The largest absolute Gasteiger partial charge is 0.384 e. The summed E-state index contributed by atoms with van der Waals surface area (Å²) in [5, 5.41) is 11.2. The summed E-state index contributed by atoms with van der Waals surface area (Å²) in [5.41, 5.74) is 0.918. The van der Waals surface area contributed by atoms with Crippen LogP contribution in [0, 0.1) is 11.8 Å². The summed E-state index contributed by atoms with van der Waals surface area (Å²) < 4.78 is 10.8. The lowest BCUT2D eigenvalue weighted by atomic mass is 10.2. The second kappa shape index (κ2) is 7.58. The van der Waals surface area contributed by atoms with Gasteiger partial charge in [-0.1, -0.05) is 11.8 Å². The van der Waals surface area contributed by atoms with Gasteiger partial charge in [0.1, 0.15) is 12.3 Å². The maximum atomic E-state index is 11.6. The van der Waals surface area contributed by atoms with Gasteiger partial charge in [-0.2, -0.15) is 0 Å². The zero-order valence-corrected chi connectivity index (χ0v) is 10.8. The maximum absolute atomic E-state index is 11.6. The highest BCUT2D eigenvalue weighted by Gasteiger charge is 2.05. The van der Waals surface area contributed by atoms with Crippen LogP contribution in [0.3, 0.4) is 0 Å². The lowest BCUT2D eigenvalue weighted by Gasteiger charge is -2.03. The zero-order chi connectivity index (χ0) is 13.4. The van der Waals surface area contributed by atoms with Crippen LogP contribution in [0.2, 0.25) is 0 Å². The SMILES string of the molecule is CS(=O)CCNC(=O)c1ccc(C#CCO)cn1. The van der Waals surface area contributed by atoms with E-state index in [9.17, 15) is 9.00 Å². The van der Waals surface area contributed by atoms with Crippen LogP contribution in [0.25, 0.3) is 0 Å². The molecule has 0 aliphatic carbocycles. The van der Waals surface area contributed by atoms with E-state index >= 15 is 0 Å². The predicted octanol–water partition coefficient (Wildman–Crippen LogP) is -0.466. The molecule has 0 bridgehead atoms. The standard InChI is InChI=1S/C12H14N2O3S/c1-18(17)8-6-13-12(16)11-5-4-10(9-14-11)3-2-7-15/h4-5,9,15H,6-8H2,1H3,(H,13,16). The van der Waals surface area contributed by atoms with Crippen molar-refractivity contribution < 1.29 is 14.1 Å². The second-order valence-electron chi connectivity index (χ2n) is 3.43. The minimum absolute atomic E-state index is 0.212. The van der Waals surface area contributed by atoms with Crippen LogP contribution in [0.5, 0.6) is 0 Å². The van der Waals surface area contributed by atoms with Crippen molar-refractivity contribution in [3.8, 4) is 11.8 Å². The normalized spacial score (nSPS) is 11.2. The number of aliphatic hydroxyl groups is 1. The number of aliphatic hydroxyl groups excluding tert-OH is 1. The molecule has 18 heavy (non-hydrogen) atoms. The Bertz CT molecular complexity index is 488. The molecule has 0 aliphatic heterocycles. The van der Waals surface area contributed by atoms with Gasteiger partial charge in [0.15, 0.2) is 0 Å². The van der Waals surface area contributed by atoms with E-state index in [4.69, 9.17) is 5.11 Å². The van der Waals surface area contributed by atoms with E-state index in [2.05, 4.69) is 22.1 Å². The van der Waals surface area contributed by atoms with Gasteiger partial charge in [-0.05, 0) is 12.1 Å².